The summed E-state index contributed by atoms with van der Waals surface area (Å²) in [7, 11) is 1.50. The number of methoxy groups -OCH3 is 1. The number of hydrogen-bond donors (Lipinski definition) is 1. The molecule has 1 amide bonds. The molecule has 0 aromatic carbocycles. The van der Waals surface area contributed by atoms with Crippen molar-refractivity contribution in [3.05, 3.63) is 17.6 Å². The highest BCUT2D eigenvalue weighted by Crippen LogP contribution is 2.30. The van der Waals surface area contributed by atoms with Gasteiger partial charge in [-0.1, -0.05) is 0 Å². The molecule has 0 aliphatic carbocycles. The average molecular weight is 290 g/mol. The zero-order chi connectivity index (χ0) is 15.3. The van der Waals surface area contributed by atoms with Crippen molar-refractivity contribution in [3.63, 3.8) is 0 Å². The van der Waals surface area contributed by atoms with Crippen LogP contribution >= 0.6 is 0 Å². The van der Waals surface area contributed by atoms with Crippen LogP contribution in [-0.4, -0.2) is 36.2 Å². The van der Waals surface area contributed by atoms with Crippen LogP contribution in [0.25, 0.3) is 0 Å². The number of aryl methyl sites for hydroxylation is 1. The van der Waals surface area contributed by atoms with E-state index in [2.05, 4.69) is 21.4 Å². The molecule has 0 radical (unpaired) electrons. The van der Waals surface area contributed by atoms with E-state index >= 15 is 0 Å². The minimum absolute atomic E-state index is 0.180. The molecule has 0 spiro atoms. The van der Waals surface area contributed by atoms with Crippen LogP contribution in [0.15, 0.2) is 6.20 Å². The van der Waals surface area contributed by atoms with Gasteiger partial charge in [-0.3, -0.25) is 9.78 Å². The van der Waals surface area contributed by atoms with E-state index in [1.54, 1.807) is 6.20 Å². The number of nitrogens with zero attached hydrogens (tertiary/aromatic N) is 3. The molecule has 1 N–H and O–H groups in total. The summed E-state index contributed by atoms with van der Waals surface area (Å²) in [5.41, 5.74) is 0.264. The summed E-state index contributed by atoms with van der Waals surface area (Å²) in [5.74, 6) is 0.0889. The van der Waals surface area contributed by atoms with Crippen LogP contribution in [0, 0.1) is 23.7 Å². The van der Waals surface area contributed by atoms with Crippen LogP contribution in [0.2, 0.25) is 0 Å². The predicted molar refractivity (Wildman–Crippen MR) is 73.3 cm³/mol. The topological polar surface area (TPSA) is 97.1 Å². The molecule has 0 bridgehead atoms. The van der Waals surface area contributed by atoms with Crippen molar-refractivity contribution in [2.24, 2.45) is 5.41 Å². The maximum Gasteiger partial charge on any atom is 0.240 e. The zero-order valence-corrected chi connectivity index (χ0v) is 12.2. The minimum Gasteiger partial charge on any atom is -0.480 e. The normalized spacial score (nSPS) is 16.8. The first kappa shape index (κ1) is 15.2. The van der Waals surface area contributed by atoms with Gasteiger partial charge in [-0.05, 0) is 19.8 Å². The lowest BCUT2D eigenvalue weighted by molar-refractivity contribution is -0.132. The number of hydrogen-bond acceptors (Lipinski definition) is 6. The Morgan fingerprint density at radius 2 is 2.29 bits per heavy atom. The van der Waals surface area contributed by atoms with Crippen molar-refractivity contribution in [1.82, 2.24) is 15.3 Å². The molecule has 7 heteroatoms. The largest absolute Gasteiger partial charge is 0.480 e. The van der Waals surface area contributed by atoms with Crippen molar-refractivity contribution in [2.75, 3.05) is 20.3 Å². The number of carbonyl (C=O) groups is 1. The van der Waals surface area contributed by atoms with Gasteiger partial charge in [0.15, 0.2) is 0 Å². The van der Waals surface area contributed by atoms with Gasteiger partial charge in [0.05, 0.1) is 25.4 Å². The van der Waals surface area contributed by atoms with Crippen LogP contribution in [0.1, 0.15) is 24.2 Å². The van der Waals surface area contributed by atoms with Gasteiger partial charge in [0, 0.05) is 19.4 Å². The quantitative estimate of drug-likeness (QED) is 0.878. The van der Waals surface area contributed by atoms with Crippen molar-refractivity contribution in [1.29, 1.82) is 5.26 Å². The average Bonchev–Trinajstić information content (AvgIpc) is 2.53. The summed E-state index contributed by atoms with van der Waals surface area (Å²) in [6.07, 6.45) is 2.43. The number of amides is 1. The van der Waals surface area contributed by atoms with Crippen LogP contribution in [-0.2, 0) is 16.1 Å². The molecule has 0 saturated carbocycles. The zero-order valence-electron chi connectivity index (χ0n) is 12.2. The number of aromatic nitrogens is 2. The highest BCUT2D eigenvalue weighted by molar-refractivity contribution is 5.85. The second-order valence-corrected chi connectivity index (χ2v) is 4.96. The fraction of sp³-hybridized carbons (Fsp3) is 0.571. The van der Waals surface area contributed by atoms with E-state index in [4.69, 9.17) is 9.47 Å². The SMILES string of the molecule is COc1nc(C)cnc1CNC(=O)C1(C#N)CCOCC1. The first-order valence-electron chi connectivity index (χ1n) is 6.75. The lowest BCUT2D eigenvalue weighted by Crippen LogP contribution is -2.43. The van der Waals surface area contributed by atoms with Crippen LogP contribution in [0.5, 0.6) is 5.88 Å². The maximum atomic E-state index is 12.3. The third-order valence-electron chi connectivity index (χ3n) is 3.54. The summed E-state index contributed by atoms with van der Waals surface area (Å²) in [6.45, 7) is 2.84. The van der Waals surface area contributed by atoms with E-state index in [9.17, 15) is 10.1 Å². The van der Waals surface area contributed by atoms with E-state index in [1.165, 1.54) is 7.11 Å². The minimum atomic E-state index is -1.01. The molecule has 2 heterocycles. The standard InChI is InChI=1S/C14H18N4O3/c1-10-7-16-11(12(18-10)20-2)8-17-13(19)14(9-15)3-5-21-6-4-14/h7H,3-6,8H2,1-2H3,(H,17,19). The molecule has 1 aromatic heterocycles. The van der Waals surface area contributed by atoms with Crippen molar-refractivity contribution >= 4 is 5.91 Å². The summed E-state index contributed by atoms with van der Waals surface area (Å²) >= 11 is 0. The van der Waals surface area contributed by atoms with Gasteiger partial charge < -0.3 is 14.8 Å². The molecule has 1 saturated heterocycles. The molecule has 1 aliphatic rings. The molecule has 0 unspecified atom stereocenters. The number of carbonyl (C=O) groups excluding carboxylic acids is 1. The second-order valence-electron chi connectivity index (χ2n) is 4.96. The van der Waals surface area contributed by atoms with Gasteiger partial charge in [0.2, 0.25) is 11.8 Å². The Morgan fingerprint density at radius 1 is 1.57 bits per heavy atom. The fourth-order valence-corrected chi connectivity index (χ4v) is 2.21. The Hall–Kier alpha value is -2.20. The molecular weight excluding hydrogens is 272 g/mol. The molecule has 1 aliphatic heterocycles. The first-order chi connectivity index (χ1) is 10.1. The van der Waals surface area contributed by atoms with Crippen LogP contribution in [0.3, 0.4) is 0 Å². The van der Waals surface area contributed by atoms with Crippen molar-refractivity contribution in [3.8, 4) is 11.9 Å². The Bertz CT molecular complexity index is 562. The highest BCUT2D eigenvalue weighted by Gasteiger charge is 2.40. The van der Waals surface area contributed by atoms with Gasteiger partial charge in [0.25, 0.3) is 0 Å². The third-order valence-corrected chi connectivity index (χ3v) is 3.54. The van der Waals surface area contributed by atoms with Gasteiger partial charge in [-0.2, -0.15) is 5.26 Å². The maximum absolute atomic E-state index is 12.3. The molecule has 112 valence electrons. The molecule has 1 fully saturated rings. The summed E-state index contributed by atoms with van der Waals surface area (Å²) in [6, 6.07) is 2.13. The smallest absolute Gasteiger partial charge is 0.240 e. The van der Waals surface area contributed by atoms with Crippen LogP contribution in [0.4, 0.5) is 0 Å². The van der Waals surface area contributed by atoms with Crippen LogP contribution < -0.4 is 10.1 Å². The van der Waals surface area contributed by atoms with E-state index in [0.717, 1.165) is 5.69 Å². The molecule has 7 nitrogen and oxygen atoms in total. The summed E-state index contributed by atoms with van der Waals surface area (Å²) in [5, 5.41) is 12.1. The van der Waals surface area contributed by atoms with Crippen molar-refractivity contribution < 1.29 is 14.3 Å². The van der Waals surface area contributed by atoms with Gasteiger partial charge in [0.1, 0.15) is 11.1 Å². The first-order valence-corrected chi connectivity index (χ1v) is 6.75. The molecule has 0 atom stereocenters. The Morgan fingerprint density at radius 3 is 2.90 bits per heavy atom. The Balaban J connectivity index is 2.05. The number of nitriles is 1. The molecule has 1 aromatic rings. The van der Waals surface area contributed by atoms with Gasteiger partial charge in [-0.15, -0.1) is 0 Å². The Kier molecular flexibility index (Phi) is 4.70. The second kappa shape index (κ2) is 6.50. The van der Waals surface area contributed by atoms with E-state index in [1.807, 2.05) is 6.92 Å². The summed E-state index contributed by atoms with van der Waals surface area (Å²) < 4.78 is 10.4. The lowest BCUT2D eigenvalue weighted by Gasteiger charge is -2.29. The number of nitrogens with one attached hydrogen (secondary N) is 1. The van der Waals surface area contributed by atoms with E-state index < -0.39 is 5.41 Å². The molecular formula is C14H18N4O3. The number of rotatable bonds is 4. The molecule has 21 heavy (non-hydrogen) atoms. The lowest BCUT2D eigenvalue weighted by atomic mass is 9.81. The predicted octanol–water partition coefficient (Wildman–Crippen LogP) is 0.730. The van der Waals surface area contributed by atoms with Gasteiger partial charge >= 0.3 is 0 Å². The highest BCUT2D eigenvalue weighted by atomic mass is 16.5. The van der Waals surface area contributed by atoms with E-state index in [0.29, 0.717) is 37.6 Å². The fourth-order valence-electron chi connectivity index (χ4n) is 2.21. The third kappa shape index (κ3) is 3.28. The number of ether oxygens (including phenoxy) is 2. The van der Waals surface area contributed by atoms with E-state index in [-0.39, 0.29) is 12.5 Å². The summed E-state index contributed by atoms with van der Waals surface area (Å²) in [4.78, 5) is 20.7. The monoisotopic (exact) mass is 290 g/mol. The van der Waals surface area contributed by atoms with Gasteiger partial charge in [-0.25, -0.2) is 4.98 Å². The Labute approximate surface area is 123 Å². The molecule has 2 rings (SSSR count). The van der Waals surface area contributed by atoms with Crippen molar-refractivity contribution in [2.45, 2.75) is 26.3 Å².